The molecule has 0 fully saturated rings. The zero-order chi connectivity index (χ0) is 19.1. The van der Waals surface area contributed by atoms with Crippen LogP contribution in [0.4, 0.5) is 5.69 Å². The Kier molecular flexibility index (Phi) is 3.96. The summed E-state index contributed by atoms with van der Waals surface area (Å²) < 4.78 is 7.46. The molecule has 0 spiro atoms. The molecule has 10 heteroatoms. The Balaban J connectivity index is 1.53. The Bertz CT molecular complexity index is 1170. The van der Waals surface area contributed by atoms with Crippen molar-refractivity contribution >= 4 is 34.5 Å². The van der Waals surface area contributed by atoms with Crippen molar-refractivity contribution in [3.05, 3.63) is 65.9 Å². The lowest BCUT2D eigenvalue weighted by atomic mass is 10.2. The molecule has 0 radical (unpaired) electrons. The van der Waals surface area contributed by atoms with Gasteiger partial charge in [0.15, 0.2) is 5.65 Å². The minimum absolute atomic E-state index is 0.140. The second-order valence-electron chi connectivity index (χ2n) is 6.07. The van der Waals surface area contributed by atoms with Crippen LogP contribution in [0.15, 0.2) is 54.9 Å². The highest BCUT2D eigenvalue weighted by Crippen LogP contribution is 2.34. The molecule has 140 valence electrons. The quantitative estimate of drug-likeness (QED) is 0.547. The van der Waals surface area contributed by atoms with Gasteiger partial charge in [-0.25, -0.2) is 15.0 Å². The molecule has 1 aliphatic heterocycles. The third kappa shape index (κ3) is 2.68. The molecule has 0 bridgehead atoms. The van der Waals surface area contributed by atoms with Crippen LogP contribution in [0.3, 0.4) is 0 Å². The Labute approximate surface area is 163 Å². The zero-order valence-corrected chi connectivity index (χ0v) is 15.2. The fourth-order valence-electron chi connectivity index (χ4n) is 3.16. The maximum atomic E-state index is 11.0. The van der Waals surface area contributed by atoms with E-state index >= 15 is 0 Å². The van der Waals surface area contributed by atoms with Gasteiger partial charge >= 0.3 is 0 Å². The summed E-state index contributed by atoms with van der Waals surface area (Å²) in [4.78, 5) is 21.3. The average Bonchev–Trinajstić information content (AvgIpc) is 3.34. The number of aromatic nitrogens is 6. The first-order chi connectivity index (χ1) is 13.7. The van der Waals surface area contributed by atoms with Crippen LogP contribution in [0.2, 0.25) is 5.15 Å². The number of imidazole rings is 2. The Morgan fingerprint density at radius 2 is 2.00 bits per heavy atom. The molecule has 28 heavy (non-hydrogen) atoms. The van der Waals surface area contributed by atoms with Gasteiger partial charge in [0, 0.05) is 11.8 Å². The lowest BCUT2D eigenvalue weighted by Crippen LogP contribution is -2.37. The monoisotopic (exact) mass is 395 g/mol. The summed E-state index contributed by atoms with van der Waals surface area (Å²) in [5, 5.41) is 11.3. The summed E-state index contributed by atoms with van der Waals surface area (Å²) >= 11 is 6.20. The predicted molar refractivity (Wildman–Crippen MR) is 103 cm³/mol. The number of nitrogens with zero attached hydrogens (tertiary/aromatic N) is 6. The van der Waals surface area contributed by atoms with E-state index in [0.29, 0.717) is 33.7 Å². The zero-order valence-electron chi connectivity index (χ0n) is 14.4. The highest BCUT2D eigenvalue weighted by molar-refractivity contribution is 6.29. The SMILES string of the molecule is OC1N(c2ccccc2)C(COc2ncnc3nc[nH]c23)=Cc2ncc(Cl)n21. The minimum atomic E-state index is -1.06. The second kappa shape index (κ2) is 6.63. The van der Waals surface area contributed by atoms with Crippen molar-refractivity contribution < 1.29 is 9.84 Å². The topological polar surface area (TPSA) is 105 Å². The highest BCUT2D eigenvalue weighted by atomic mass is 35.5. The number of aliphatic hydroxyl groups excluding tert-OH is 1. The second-order valence-corrected chi connectivity index (χ2v) is 6.45. The van der Waals surface area contributed by atoms with E-state index in [2.05, 4.69) is 24.9 Å². The number of para-hydroxylation sites is 1. The van der Waals surface area contributed by atoms with E-state index in [0.717, 1.165) is 5.69 Å². The van der Waals surface area contributed by atoms with Crippen LogP contribution >= 0.6 is 11.6 Å². The summed E-state index contributed by atoms with van der Waals surface area (Å²) in [6, 6.07) is 9.48. The Morgan fingerprint density at radius 3 is 2.86 bits per heavy atom. The van der Waals surface area contributed by atoms with E-state index < -0.39 is 6.35 Å². The van der Waals surface area contributed by atoms with Gasteiger partial charge in [0.1, 0.15) is 29.4 Å². The standard InChI is InChI=1S/C18H14ClN7O2/c19-13-7-20-14-6-12(8-28-17-15-16(22-9-21-15)23-10-24-17)25(18(27)26(13)14)11-4-2-1-3-5-11/h1-7,9-10,18,27H,8H2,(H,21,22,23,24). The smallest absolute Gasteiger partial charge is 0.243 e. The van der Waals surface area contributed by atoms with Gasteiger partial charge in [-0.3, -0.25) is 9.47 Å². The van der Waals surface area contributed by atoms with Gasteiger partial charge in [-0.2, -0.15) is 4.98 Å². The number of aromatic amines is 1. The van der Waals surface area contributed by atoms with E-state index in [1.54, 1.807) is 4.90 Å². The first-order valence-corrected chi connectivity index (χ1v) is 8.82. The Morgan fingerprint density at radius 1 is 1.14 bits per heavy atom. The van der Waals surface area contributed by atoms with E-state index in [1.165, 1.54) is 23.4 Å². The number of fused-ring (bicyclic) bond motifs is 2. The molecule has 3 aromatic heterocycles. The lowest BCUT2D eigenvalue weighted by Gasteiger charge is -2.36. The number of anilines is 1. The molecule has 0 saturated carbocycles. The van der Waals surface area contributed by atoms with E-state index in [4.69, 9.17) is 16.3 Å². The molecule has 4 heterocycles. The molecule has 1 unspecified atom stereocenters. The van der Waals surface area contributed by atoms with Crippen LogP contribution in [0, 0.1) is 0 Å². The Hall–Kier alpha value is -3.43. The summed E-state index contributed by atoms with van der Waals surface area (Å²) in [5.74, 6) is 0.913. The first-order valence-electron chi connectivity index (χ1n) is 8.45. The minimum Gasteiger partial charge on any atom is -0.470 e. The molecule has 5 rings (SSSR count). The predicted octanol–water partition coefficient (Wildman–Crippen LogP) is 2.59. The van der Waals surface area contributed by atoms with Crippen LogP contribution < -0.4 is 9.64 Å². The highest BCUT2D eigenvalue weighted by Gasteiger charge is 2.30. The van der Waals surface area contributed by atoms with Gasteiger partial charge in [-0.1, -0.05) is 29.8 Å². The molecule has 0 saturated heterocycles. The van der Waals surface area contributed by atoms with Gasteiger partial charge in [0.25, 0.3) is 0 Å². The summed E-state index contributed by atoms with van der Waals surface area (Å²) in [6.07, 6.45) is 5.18. The van der Waals surface area contributed by atoms with E-state index in [-0.39, 0.29) is 6.61 Å². The van der Waals surface area contributed by atoms with Crippen LogP contribution in [-0.2, 0) is 0 Å². The van der Waals surface area contributed by atoms with Crippen molar-refractivity contribution in [1.82, 2.24) is 29.5 Å². The third-order valence-electron chi connectivity index (χ3n) is 4.43. The third-order valence-corrected chi connectivity index (χ3v) is 4.71. The molecule has 1 aromatic carbocycles. The van der Waals surface area contributed by atoms with Crippen molar-refractivity contribution in [3.63, 3.8) is 0 Å². The normalized spacial score (nSPS) is 16.1. The molecule has 2 N–H and O–H groups in total. The van der Waals surface area contributed by atoms with Crippen molar-refractivity contribution in [2.24, 2.45) is 0 Å². The maximum Gasteiger partial charge on any atom is 0.243 e. The van der Waals surface area contributed by atoms with Crippen LogP contribution in [0.25, 0.3) is 17.2 Å². The van der Waals surface area contributed by atoms with Gasteiger partial charge in [-0.05, 0) is 12.1 Å². The van der Waals surface area contributed by atoms with Gasteiger partial charge < -0.3 is 14.8 Å². The summed E-state index contributed by atoms with van der Waals surface area (Å²) in [5.41, 5.74) is 2.61. The number of H-pyrrole nitrogens is 1. The number of aliphatic hydroxyl groups is 1. The van der Waals surface area contributed by atoms with Crippen molar-refractivity contribution in [3.8, 4) is 5.88 Å². The van der Waals surface area contributed by atoms with Gasteiger partial charge in [-0.15, -0.1) is 0 Å². The van der Waals surface area contributed by atoms with Crippen LogP contribution in [0.5, 0.6) is 5.88 Å². The maximum absolute atomic E-state index is 11.0. The fraction of sp³-hybridized carbons (Fsp3) is 0.111. The number of nitrogens with one attached hydrogen (secondary N) is 1. The largest absolute Gasteiger partial charge is 0.470 e. The van der Waals surface area contributed by atoms with E-state index in [1.807, 2.05) is 36.4 Å². The van der Waals surface area contributed by atoms with E-state index in [9.17, 15) is 5.11 Å². The number of rotatable bonds is 4. The van der Waals surface area contributed by atoms with Crippen LogP contribution in [0.1, 0.15) is 12.2 Å². The average molecular weight is 396 g/mol. The number of hydrogen-bond acceptors (Lipinski definition) is 7. The molecule has 1 aliphatic rings. The number of benzene rings is 1. The fourth-order valence-corrected chi connectivity index (χ4v) is 3.39. The number of halogens is 1. The van der Waals surface area contributed by atoms with Crippen molar-refractivity contribution in [1.29, 1.82) is 0 Å². The van der Waals surface area contributed by atoms with Crippen LogP contribution in [-0.4, -0.2) is 41.2 Å². The van der Waals surface area contributed by atoms with Crippen molar-refractivity contribution in [2.45, 2.75) is 6.35 Å². The molecule has 1 atom stereocenters. The summed E-state index contributed by atoms with van der Waals surface area (Å²) in [7, 11) is 0. The molecule has 0 aliphatic carbocycles. The molecule has 9 nitrogen and oxygen atoms in total. The summed E-state index contributed by atoms with van der Waals surface area (Å²) in [6.45, 7) is 0.140. The molecular weight excluding hydrogens is 382 g/mol. The number of ether oxygens (including phenoxy) is 1. The number of hydrogen-bond donors (Lipinski definition) is 2. The first kappa shape index (κ1) is 16.7. The van der Waals surface area contributed by atoms with Crippen molar-refractivity contribution in [2.75, 3.05) is 11.5 Å². The van der Waals surface area contributed by atoms with Gasteiger partial charge in [0.05, 0.1) is 18.2 Å². The molecular formula is C18H14ClN7O2. The molecule has 4 aromatic rings. The molecule has 0 amide bonds. The van der Waals surface area contributed by atoms with Gasteiger partial charge in [0.2, 0.25) is 12.2 Å². The lowest BCUT2D eigenvalue weighted by molar-refractivity contribution is 0.100.